The highest BCUT2D eigenvalue weighted by Gasteiger charge is 2.16. The minimum atomic E-state index is 0.0174. The fourth-order valence-electron chi connectivity index (χ4n) is 0.751. The van der Waals surface area contributed by atoms with Crippen molar-refractivity contribution in [2.45, 2.75) is 34.1 Å². The van der Waals surface area contributed by atoms with Gasteiger partial charge >= 0.3 is 0 Å². The molecule has 0 aliphatic carbocycles. The van der Waals surface area contributed by atoms with Gasteiger partial charge in [0.2, 0.25) is 0 Å². The molecule has 0 bridgehead atoms. The van der Waals surface area contributed by atoms with E-state index in [1.165, 1.54) is 0 Å². The van der Waals surface area contributed by atoms with E-state index in [0.717, 1.165) is 12.1 Å². The Balaban J connectivity index is 4.14. The monoisotopic (exact) mass is 129 g/mol. The topological polar surface area (TPSA) is 32.6 Å². The van der Waals surface area contributed by atoms with Crippen molar-refractivity contribution in [2.75, 3.05) is 0 Å². The van der Waals surface area contributed by atoms with Gasteiger partial charge in [0.25, 0.3) is 0 Å². The van der Waals surface area contributed by atoms with Crippen molar-refractivity contribution in [3.05, 3.63) is 0 Å². The van der Waals surface area contributed by atoms with E-state index in [-0.39, 0.29) is 5.41 Å². The van der Waals surface area contributed by atoms with Crippen molar-refractivity contribution >= 4 is 5.71 Å². The van der Waals surface area contributed by atoms with Crippen molar-refractivity contribution in [1.82, 2.24) is 0 Å². The molecule has 0 aromatic rings. The molecular formula is C7H15NO. The summed E-state index contributed by atoms with van der Waals surface area (Å²) in [6, 6.07) is 0. The van der Waals surface area contributed by atoms with Crippen LogP contribution in [0.3, 0.4) is 0 Å². The molecule has 0 rings (SSSR count). The average Bonchev–Trinajstić information content (AvgIpc) is 1.65. The Hall–Kier alpha value is -0.530. The lowest BCUT2D eigenvalue weighted by molar-refractivity contribution is 0.309. The minimum Gasteiger partial charge on any atom is -0.411 e. The van der Waals surface area contributed by atoms with E-state index < -0.39 is 0 Å². The third kappa shape index (κ3) is 2.49. The van der Waals surface area contributed by atoms with Crippen molar-refractivity contribution < 1.29 is 5.21 Å². The van der Waals surface area contributed by atoms with Crippen LogP contribution in [0.15, 0.2) is 5.16 Å². The van der Waals surface area contributed by atoms with E-state index >= 15 is 0 Å². The maximum atomic E-state index is 8.45. The first kappa shape index (κ1) is 8.47. The van der Waals surface area contributed by atoms with Crippen LogP contribution in [0.4, 0.5) is 0 Å². The third-order valence-electron chi connectivity index (χ3n) is 1.32. The second-order valence-corrected chi connectivity index (χ2v) is 3.15. The molecule has 0 saturated carbocycles. The summed E-state index contributed by atoms with van der Waals surface area (Å²) in [5.74, 6) is 0. The predicted octanol–water partition coefficient (Wildman–Crippen LogP) is 2.27. The van der Waals surface area contributed by atoms with Crippen molar-refractivity contribution in [3.8, 4) is 0 Å². The number of nitrogens with zero attached hydrogens (tertiary/aromatic N) is 1. The molecular weight excluding hydrogens is 114 g/mol. The molecule has 0 aromatic heterocycles. The second-order valence-electron chi connectivity index (χ2n) is 3.15. The Kier molecular flexibility index (Phi) is 2.68. The Bertz CT molecular complexity index is 111. The lowest BCUT2D eigenvalue weighted by atomic mass is 9.89. The molecule has 0 unspecified atom stereocenters. The minimum absolute atomic E-state index is 0.0174. The number of oxime groups is 1. The zero-order chi connectivity index (χ0) is 7.49. The summed E-state index contributed by atoms with van der Waals surface area (Å²) in [5, 5.41) is 11.6. The van der Waals surface area contributed by atoms with Gasteiger partial charge in [-0.2, -0.15) is 0 Å². The van der Waals surface area contributed by atoms with Crippen molar-refractivity contribution in [1.29, 1.82) is 0 Å². The smallest absolute Gasteiger partial charge is 0.0621 e. The van der Waals surface area contributed by atoms with E-state index in [4.69, 9.17) is 5.21 Å². The van der Waals surface area contributed by atoms with Gasteiger partial charge < -0.3 is 5.21 Å². The molecule has 0 atom stereocenters. The quantitative estimate of drug-likeness (QED) is 0.329. The molecule has 0 amide bonds. The molecule has 2 heteroatoms. The third-order valence-corrected chi connectivity index (χ3v) is 1.32. The van der Waals surface area contributed by atoms with E-state index in [2.05, 4.69) is 5.16 Å². The first-order chi connectivity index (χ1) is 4.02. The summed E-state index contributed by atoms with van der Waals surface area (Å²) in [4.78, 5) is 0. The molecule has 0 aromatic carbocycles. The van der Waals surface area contributed by atoms with Crippen LogP contribution in [0.5, 0.6) is 0 Å². The van der Waals surface area contributed by atoms with E-state index in [1.54, 1.807) is 0 Å². The van der Waals surface area contributed by atoms with Gasteiger partial charge in [-0.1, -0.05) is 32.9 Å². The molecule has 0 radical (unpaired) electrons. The molecule has 9 heavy (non-hydrogen) atoms. The molecule has 1 N–H and O–H groups in total. The van der Waals surface area contributed by atoms with Crippen LogP contribution in [-0.4, -0.2) is 10.9 Å². The van der Waals surface area contributed by atoms with Gasteiger partial charge in [0, 0.05) is 5.41 Å². The standard InChI is InChI=1S/C7H15NO/c1-5-6(8-9)7(2,3)4/h9H,5H2,1-4H3/b8-6-. The maximum Gasteiger partial charge on any atom is 0.0621 e. The van der Waals surface area contributed by atoms with Gasteiger partial charge in [0.15, 0.2) is 0 Å². The first-order valence-electron chi connectivity index (χ1n) is 3.23. The van der Waals surface area contributed by atoms with E-state index in [0.29, 0.717) is 0 Å². The normalized spacial score (nSPS) is 14.0. The van der Waals surface area contributed by atoms with Crippen LogP contribution in [0.2, 0.25) is 0 Å². The van der Waals surface area contributed by atoms with Gasteiger partial charge in [-0.15, -0.1) is 0 Å². The number of hydrogen-bond donors (Lipinski definition) is 1. The molecule has 54 valence electrons. The highest BCUT2D eigenvalue weighted by Crippen LogP contribution is 2.17. The zero-order valence-corrected chi connectivity index (χ0v) is 6.60. The van der Waals surface area contributed by atoms with Crippen LogP contribution >= 0.6 is 0 Å². The summed E-state index contributed by atoms with van der Waals surface area (Å²) in [7, 11) is 0. The van der Waals surface area contributed by atoms with Gasteiger partial charge in [0.1, 0.15) is 0 Å². The molecule has 0 spiro atoms. The van der Waals surface area contributed by atoms with Gasteiger partial charge in [0.05, 0.1) is 5.71 Å². The Labute approximate surface area is 56.6 Å². The molecule has 2 nitrogen and oxygen atoms in total. The molecule has 0 fully saturated rings. The Morgan fingerprint density at radius 3 is 1.89 bits per heavy atom. The number of hydrogen-bond acceptors (Lipinski definition) is 2. The van der Waals surface area contributed by atoms with Crippen LogP contribution in [0, 0.1) is 5.41 Å². The predicted molar refractivity (Wildman–Crippen MR) is 39.0 cm³/mol. The van der Waals surface area contributed by atoms with Crippen molar-refractivity contribution in [3.63, 3.8) is 0 Å². The fourth-order valence-corrected chi connectivity index (χ4v) is 0.751. The molecule has 0 aliphatic rings. The summed E-state index contributed by atoms with van der Waals surface area (Å²) < 4.78 is 0. The lowest BCUT2D eigenvalue weighted by Gasteiger charge is -2.17. The number of rotatable bonds is 1. The summed E-state index contributed by atoms with van der Waals surface area (Å²) in [6.07, 6.45) is 0.819. The summed E-state index contributed by atoms with van der Waals surface area (Å²) in [6.45, 7) is 8.09. The van der Waals surface area contributed by atoms with Crippen LogP contribution in [0.1, 0.15) is 34.1 Å². The van der Waals surface area contributed by atoms with E-state index in [9.17, 15) is 0 Å². The Morgan fingerprint density at radius 2 is 1.89 bits per heavy atom. The largest absolute Gasteiger partial charge is 0.411 e. The lowest BCUT2D eigenvalue weighted by Crippen LogP contribution is -2.19. The van der Waals surface area contributed by atoms with Crippen LogP contribution in [0.25, 0.3) is 0 Å². The van der Waals surface area contributed by atoms with Crippen molar-refractivity contribution in [2.24, 2.45) is 10.6 Å². The summed E-state index contributed by atoms with van der Waals surface area (Å²) >= 11 is 0. The summed E-state index contributed by atoms with van der Waals surface area (Å²) in [5.41, 5.74) is 0.867. The highest BCUT2D eigenvalue weighted by atomic mass is 16.4. The average molecular weight is 129 g/mol. The molecule has 0 saturated heterocycles. The molecule has 0 heterocycles. The molecule has 0 aliphatic heterocycles. The maximum absolute atomic E-state index is 8.45. The second kappa shape index (κ2) is 2.85. The highest BCUT2D eigenvalue weighted by molar-refractivity contribution is 5.88. The van der Waals surface area contributed by atoms with Crippen LogP contribution in [-0.2, 0) is 0 Å². The van der Waals surface area contributed by atoms with Gasteiger partial charge in [-0.05, 0) is 6.42 Å². The fraction of sp³-hybridized carbons (Fsp3) is 0.857. The van der Waals surface area contributed by atoms with Gasteiger partial charge in [-0.3, -0.25) is 0 Å². The van der Waals surface area contributed by atoms with Gasteiger partial charge in [-0.25, -0.2) is 0 Å². The van der Waals surface area contributed by atoms with E-state index in [1.807, 2.05) is 27.7 Å². The SMILES string of the molecule is CC/C(=N/O)C(C)(C)C. The Morgan fingerprint density at radius 1 is 1.44 bits per heavy atom. The van der Waals surface area contributed by atoms with Crippen LogP contribution < -0.4 is 0 Å². The zero-order valence-electron chi connectivity index (χ0n) is 6.60. The first-order valence-corrected chi connectivity index (χ1v) is 3.23.